The largest absolute Gasteiger partial charge is 0.457 e. The van der Waals surface area contributed by atoms with Crippen molar-refractivity contribution < 1.29 is 17.9 Å². The van der Waals surface area contributed by atoms with Crippen molar-refractivity contribution in [2.75, 3.05) is 10.8 Å². The zero-order chi connectivity index (χ0) is 28.8. The number of para-hydroxylation sites is 1. The van der Waals surface area contributed by atoms with Gasteiger partial charge in [-0.25, -0.2) is 8.42 Å². The van der Waals surface area contributed by atoms with Crippen LogP contribution in [0.4, 0.5) is 5.69 Å². The molecule has 7 heteroatoms. The fourth-order valence-corrected chi connectivity index (χ4v) is 6.64. The van der Waals surface area contributed by atoms with E-state index in [0.29, 0.717) is 23.6 Å². The van der Waals surface area contributed by atoms with Crippen molar-refractivity contribution in [3.63, 3.8) is 0 Å². The highest BCUT2D eigenvalue weighted by Crippen LogP contribution is 2.29. The number of carbonyl (C=O) groups excluding carboxylic acids is 1. The van der Waals surface area contributed by atoms with E-state index in [1.54, 1.807) is 48.5 Å². The summed E-state index contributed by atoms with van der Waals surface area (Å²) in [7, 11) is -4.03. The average molecular weight is 569 g/mol. The molecule has 5 rings (SSSR count). The molecule has 1 atom stereocenters. The highest BCUT2D eigenvalue weighted by Gasteiger charge is 2.28. The Balaban J connectivity index is 1.39. The van der Waals surface area contributed by atoms with E-state index in [2.05, 4.69) is 23.5 Å². The molecular formula is C34H36N2O4S. The van der Waals surface area contributed by atoms with Gasteiger partial charge in [0, 0.05) is 0 Å². The topological polar surface area (TPSA) is 75.7 Å². The first-order valence-corrected chi connectivity index (χ1v) is 15.6. The van der Waals surface area contributed by atoms with Crippen molar-refractivity contribution in [1.82, 2.24) is 5.32 Å². The van der Waals surface area contributed by atoms with Crippen molar-refractivity contribution in [3.8, 4) is 11.5 Å². The summed E-state index contributed by atoms with van der Waals surface area (Å²) in [6.45, 7) is 3.58. The molecule has 0 bridgehead atoms. The normalized spacial score (nSPS) is 13.6. The van der Waals surface area contributed by atoms with Gasteiger partial charge in [-0.05, 0) is 104 Å². The Morgan fingerprint density at radius 3 is 2.20 bits per heavy atom. The zero-order valence-corrected chi connectivity index (χ0v) is 24.4. The summed E-state index contributed by atoms with van der Waals surface area (Å²) in [4.78, 5) is 13.6. The maximum Gasteiger partial charge on any atom is 0.264 e. The van der Waals surface area contributed by atoms with E-state index in [1.807, 2.05) is 44.2 Å². The predicted octanol–water partition coefficient (Wildman–Crippen LogP) is 7.13. The van der Waals surface area contributed by atoms with Crippen LogP contribution in [0.2, 0.25) is 0 Å². The first-order chi connectivity index (χ1) is 19.8. The Morgan fingerprint density at radius 1 is 0.854 bits per heavy atom. The molecule has 0 fully saturated rings. The number of nitrogens with zero attached hydrogens (tertiary/aromatic N) is 1. The van der Waals surface area contributed by atoms with Gasteiger partial charge in [0.05, 0.1) is 16.6 Å². The fraction of sp³-hybridized carbons (Fsp3) is 0.265. The van der Waals surface area contributed by atoms with Gasteiger partial charge in [-0.3, -0.25) is 9.10 Å². The minimum absolute atomic E-state index is 0.127. The second-order valence-corrected chi connectivity index (χ2v) is 12.4. The third-order valence-corrected chi connectivity index (χ3v) is 9.31. The number of hydrogen-bond donors (Lipinski definition) is 1. The summed E-state index contributed by atoms with van der Waals surface area (Å²) in [5.41, 5.74) is 5.12. The summed E-state index contributed by atoms with van der Waals surface area (Å²) in [6.07, 6.45) is 5.24. The minimum atomic E-state index is -4.03. The molecule has 0 spiro atoms. The van der Waals surface area contributed by atoms with E-state index in [9.17, 15) is 13.2 Å². The van der Waals surface area contributed by atoms with Crippen LogP contribution in [-0.4, -0.2) is 20.9 Å². The lowest BCUT2D eigenvalue weighted by atomic mass is 9.89. The Kier molecular flexibility index (Phi) is 8.74. The van der Waals surface area contributed by atoms with Gasteiger partial charge in [0.25, 0.3) is 10.0 Å². The Morgan fingerprint density at radius 2 is 1.51 bits per heavy atom. The van der Waals surface area contributed by atoms with Gasteiger partial charge in [0.1, 0.15) is 18.0 Å². The van der Waals surface area contributed by atoms with Crippen LogP contribution in [-0.2, 0) is 27.7 Å². The van der Waals surface area contributed by atoms with Gasteiger partial charge >= 0.3 is 0 Å². The number of fused-ring (bicyclic) bond motifs is 1. The van der Waals surface area contributed by atoms with Crippen LogP contribution in [0.3, 0.4) is 0 Å². The zero-order valence-electron chi connectivity index (χ0n) is 23.5. The van der Waals surface area contributed by atoms with Gasteiger partial charge < -0.3 is 10.1 Å². The third kappa shape index (κ3) is 6.80. The number of nitrogens with one attached hydrogen (secondary N) is 1. The number of anilines is 1. The van der Waals surface area contributed by atoms with Crippen molar-refractivity contribution in [3.05, 3.63) is 119 Å². The molecule has 0 saturated heterocycles. The quantitative estimate of drug-likeness (QED) is 0.221. The first kappa shape index (κ1) is 28.4. The molecule has 1 aliphatic rings. The fourth-order valence-electron chi connectivity index (χ4n) is 5.22. The van der Waals surface area contributed by atoms with Crippen LogP contribution >= 0.6 is 0 Å². The summed E-state index contributed by atoms with van der Waals surface area (Å²) in [6, 6.07) is 29.0. The SMILES string of the molecule is CC[C@H](NC(=O)CN(c1ccc(Oc2ccccc2)cc1)S(=O)(=O)c1ccc(C)cc1)c1ccc2c(c1)CCCC2. The second kappa shape index (κ2) is 12.6. The highest BCUT2D eigenvalue weighted by atomic mass is 32.2. The number of sulfonamides is 1. The Bertz CT molecular complexity index is 1580. The second-order valence-electron chi connectivity index (χ2n) is 10.5. The molecule has 41 heavy (non-hydrogen) atoms. The molecule has 0 aromatic heterocycles. The molecule has 0 aliphatic heterocycles. The number of rotatable bonds is 10. The molecule has 0 unspecified atom stereocenters. The van der Waals surface area contributed by atoms with E-state index in [-0.39, 0.29) is 23.4 Å². The number of ether oxygens (including phenoxy) is 1. The highest BCUT2D eigenvalue weighted by molar-refractivity contribution is 7.92. The van der Waals surface area contributed by atoms with Gasteiger partial charge in [-0.1, -0.05) is 61.0 Å². The molecule has 212 valence electrons. The van der Waals surface area contributed by atoms with Crippen LogP contribution in [0.5, 0.6) is 11.5 Å². The molecule has 1 N–H and O–H groups in total. The van der Waals surface area contributed by atoms with Gasteiger partial charge in [-0.15, -0.1) is 0 Å². The average Bonchev–Trinajstić information content (AvgIpc) is 2.99. The van der Waals surface area contributed by atoms with Crippen LogP contribution in [0, 0.1) is 6.92 Å². The monoisotopic (exact) mass is 568 g/mol. The van der Waals surface area contributed by atoms with Crippen molar-refractivity contribution in [1.29, 1.82) is 0 Å². The summed E-state index contributed by atoms with van der Waals surface area (Å²) in [5, 5.41) is 3.10. The maximum absolute atomic E-state index is 13.9. The van der Waals surface area contributed by atoms with Crippen LogP contribution in [0.25, 0.3) is 0 Å². The lowest BCUT2D eigenvalue weighted by Crippen LogP contribution is -2.42. The standard InChI is InChI=1S/C34H36N2O4S/c1-3-33(28-16-15-26-9-7-8-10-27(26)23-28)35-34(37)24-36(41(38,39)32-21-13-25(2)14-22-32)29-17-19-31(20-18-29)40-30-11-5-4-6-12-30/h4-6,11-23,33H,3,7-10,24H2,1-2H3,(H,35,37)/t33-/m0/s1. The van der Waals surface area contributed by atoms with Crippen LogP contribution in [0.15, 0.2) is 102 Å². The van der Waals surface area contributed by atoms with E-state index >= 15 is 0 Å². The Hall–Kier alpha value is -4.10. The van der Waals surface area contributed by atoms with Gasteiger partial charge in [0.15, 0.2) is 0 Å². The smallest absolute Gasteiger partial charge is 0.264 e. The first-order valence-electron chi connectivity index (χ1n) is 14.2. The number of aryl methyl sites for hydroxylation is 3. The number of hydrogen-bond acceptors (Lipinski definition) is 4. The van der Waals surface area contributed by atoms with Crippen LogP contribution in [0.1, 0.15) is 54.5 Å². The van der Waals surface area contributed by atoms with Crippen molar-refractivity contribution in [2.45, 2.75) is 56.9 Å². The predicted molar refractivity (Wildman–Crippen MR) is 163 cm³/mol. The van der Waals surface area contributed by atoms with Crippen molar-refractivity contribution >= 4 is 21.6 Å². The number of carbonyl (C=O) groups is 1. The summed E-state index contributed by atoms with van der Waals surface area (Å²) < 4.78 is 34.8. The molecule has 1 amide bonds. The van der Waals surface area contributed by atoms with Crippen LogP contribution < -0.4 is 14.4 Å². The summed E-state index contributed by atoms with van der Waals surface area (Å²) >= 11 is 0. The lowest BCUT2D eigenvalue weighted by Gasteiger charge is -2.26. The number of amides is 1. The molecule has 4 aromatic carbocycles. The molecule has 1 aliphatic carbocycles. The molecule has 4 aromatic rings. The minimum Gasteiger partial charge on any atom is -0.457 e. The van der Waals surface area contributed by atoms with Crippen molar-refractivity contribution in [2.24, 2.45) is 0 Å². The summed E-state index contributed by atoms with van der Waals surface area (Å²) in [5.74, 6) is 0.877. The Labute approximate surface area is 243 Å². The van der Waals surface area contributed by atoms with Gasteiger partial charge in [0.2, 0.25) is 5.91 Å². The molecule has 6 nitrogen and oxygen atoms in total. The van der Waals surface area contributed by atoms with Gasteiger partial charge in [-0.2, -0.15) is 0 Å². The van der Waals surface area contributed by atoms with E-state index in [1.165, 1.54) is 28.3 Å². The number of benzene rings is 4. The molecule has 0 heterocycles. The van der Waals surface area contributed by atoms with E-state index in [4.69, 9.17) is 4.74 Å². The lowest BCUT2D eigenvalue weighted by molar-refractivity contribution is -0.120. The third-order valence-electron chi connectivity index (χ3n) is 7.52. The van der Waals surface area contributed by atoms with E-state index < -0.39 is 10.0 Å². The molecule has 0 radical (unpaired) electrons. The van der Waals surface area contributed by atoms with E-state index in [0.717, 1.165) is 24.0 Å². The molecular weight excluding hydrogens is 532 g/mol. The molecule has 0 saturated carbocycles. The maximum atomic E-state index is 13.9.